The first kappa shape index (κ1) is 25.7. The van der Waals surface area contributed by atoms with Gasteiger partial charge in [-0.1, -0.05) is 25.5 Å². The molecule has 0 bridgehead atoms. The van der Waals surface area contributed by atoms with Crippen LogP contribution in [0.3, 0.4) is 0 Å². The van der Waals surface area contributed by atoms with Crippen LogP contribution in [0.1, 0.15) is 49.2 Å². The Morgan fingerprint density at radius 1 is 1.13 bits per heavy atom. The van der Waals surface area contributed by atoms with E-state index < -0.39 is 0 Å². The van der Waals surface area contributed by atoms with E-state index in [2.05, 4.69) is 61.5 Å². The Hall–Kier alpha value is -3.91. The van der Waals surface area contributed by atoms with Gasteiger partial charge in [0.15, 0.2) is 0 Å². The minimum atomic E-state index is -0.169. The lowest BCUT2D eigenvalue weighted by atomic mass is 9.90. The second-order valence-electron chi connectivity index (χ2n) is 10.5. The Morgan fingerprint density at radius 2 is 2.03 bits per heavy atom. The van der Waals surface area contributed by atoms with Gasteiger partial charge in [0.2, 0.25) is 5.95 Å². The van der Waals surface area contributed by atoms with Crippen LogP contribution in [0.15, 0.2) is 72.5 Å². The molecule has 5 rings (SSSR count). The van der Waals surface area contributed by atoms with Gasteiger partial charge in [0.1, 0.15) is 0 Å². The highest BCUT2D eigenvalue weighted by molar-refractivity contribution is 5.96. The van der Waals surface area contributed by atoms with E-state index >= 15 is 0 Å². The molecular weight excluding hydrogens is 474 g/mol. The topological polar surface area (TPSA) is 95.9 Å². The number of nitrogens with one attached hydrogen (secondary N) is 2. The zero-order chi connectivity index (χ0) is 26.5. The summed E-state index contributed by atoms with van der Waals surface area (Å²) in [5, 5.41) is 6.30. The van der Waals surface area contributed by atoms with Crippen LogP contribution in [0.5, 0.6) is 0 Å². The van der Waals surface area contributed by atoms with Gasteiger partial charge in [-0.2, -0.15) is 0 Å². The average Bonchev–Trinajstić information content (AvgIpc) is 3.39. The molecule has 0 radical (unpaired) electrons. The van der Waals surface area contributed by atoms with Gasteiger partial charge in [0.25, 0.3) is 5.91 Å². The number of hydrogen-bond acceptors (Lipinski definition) is 7. The number of nitrogens with zero attached hydrogens (tertiary/aromatic N) is 5. The fourth-order valence-corrected chi connectivity index (χ4v) is 5.13. The molecule has 1 saturated heterocycles. The summed E-state index contributed by atoms with van der Waals surface area (Å²) in [7, 11) is 0. The molecule has 1 atom stereocenters. The zero-order valence-electron chi connectivity index (χ0n) is 22.3. The van der Waals surface area contributed by atoms with Crippen LogP contribution in [-0.2, 0) is 0 Å². The number of likely N-dealkylation sites (tertiary alicyclic amines) is 1. The van der Waals surface area contributed by atoms with Crippen LogP contribution in [0.25, 0.3) is 11.3 Å². The van der Waals surface area contributed by atoms with Crippen molar-refractivity contribution in [1.29, 1.82) is 0 Å². The molecule has 3 aromatic rings. The molecule has 3 aromatic heterocycles. The van der Waals surface area contributed by atoms with Crippen LogP contribution in [0.4, 0.5) is 11.6 Å². The summed E-state index contributed by atoms with van der Waals surface area (Å²) in [6.45, 7) is 9.95. The van der Waals surface area contributed by atoms with E-state index in [9.17, 15) is 4.79 Å². The Labute approximate surface area is 224 Å². The summed E-state index contributed by atoms with van der Waals surface area (Å²) >= 11 is 0. The molecule has 1 amide bonds. The fraction of sp³-hybridized carbons (Fsp3) is 0.367. The van der Waals surface area contributed by atoms with Gasteiger partial charge in [-0.05, 0) is 74.9 Å². The smallest absolute Gasteiger partial charge is 0.257 e. The fourth-order valence-electron chi connectivity index (χ4n) is 5.13. The molecule has 1 unspecified atom stereocenters. The van der Waals surface area contributed by atoms with Crippen molar-refractivity contribution in [2.75, 3.05) is 25.0 Å². The van der Waals surface area contributed by atoms with Crippen LogP contribution in [0, 0.1) is 18.8 Å². The third kappa shape index (κ3) is 6.31. The molecule has 1 aliphatic heterocycles. The minimum absolute atomic E-state index is 0.169. The molecule has 0 aromatic carbocycles. The molecule has 2 N–H and O–H groups in total. The van der Waals surface area contributed by atoms with E-state index in [1.165, 1.54) is 25.1 Å². The van der Waals surface area contributed by atoms with Crippen molar-refractivity contribution in [2.24, 2.45) is 11.8 Å². The predicted molar refractivity (Wildman–Crippen MR) is 150 cm³/mol. The van der Waals surface area contributed by atoms with E-state index in [-0.39, 0.29) is 5.91 Å². The number of rotatable bonds is 8. The maximum atomic E-state index is 13.1. The van der Waals surface area contributed by atoms with Crippen molar-refractivity contribution in [3.05, 3.63) is 83.7 Å². The van der Waals surface area contributed by atoms with Crippen molar-refractivity contribution in [3.63, 3.8) is 0 Å². The molecule has 1 fully saturated rings. The number of anilines is 2. The third-order valence-electron chi connectivity index (χ3n) is 7.08. The molecule has 196 valence electrons. The largest absolute Gasteiger partial charge is 0.326 e. The predicted octanol–water partition coefficient (Wildman–Crippen LogP) is 5.30. The highest BCUT2D eigenvalue weighted by Gasteiger charge is 2.26. The normalized spacial score (nSPS) is 17.7. The maximum Gasteiger partial charge on any atom is 0.257 e. The van der Waals surface area contributed by atoms with Crippen molar-refractivity contribution in [3.8, 4) is 11.3 Å². The monoisotopic (exact) mass is 509 g/mol. The molecule has 1 aliphatic carbocycles. The number of aryl methyl sites for hydroxylation is 1. The summed E-state index contributed by atoms with van der Waals surface area (Å²) in [4.78, 5) is 33.2. The number of allylic oxidation sites excluding steroid dienone is 3. The Kier molecular flexibility index (Phi) is 7.89. The average molecular weight is 510 g/mol. The first-order valence-corrected chi connectivity index (χ1v) is 13.3. The number of pyridine rings is 2. The van der Waals surface area contributed by atoms with Crippen LogP contribution < -0.4 is 10.6 Å². The quantitative estimate of drug-likeness (QED) is 0.425. The SMILES string of the molecule is Cc1ncc(C(=O)NC2=CC=C(C3CCN(CC(C)C)C3)CC2)cc1Nc1nccc(-c2cccnc2)n1. The van der Waals surface area contributed by atoms with Crippen LogP contribution >= 0.6 is 0 Å². The van der Waals surface area contributed by atoms with Gasteiger partial charge < -0.3 is 15.5 Å². The van der Waals surface area contributed by atoms with Crippen molar-refractivity contribution < 1.29 is 4.79 Å². The maximum absolute atomic E-state index is 13.1. The van der Waals surface area contributed by atoms with Gasteiger partial charge >= 0.3 is 0 Å². The number of hydrogen-bond donors (Lipinski definition) is 2. The Morgan fingerprint density at radius 3 is 2.79 bits per heavy atom. The number of amides is 1. The van der Waals surface area contributed by atoms with Gasteiger partial charge in [0, 0.05) is 49.1 Å². The van der Waals surface area contributed by atoms with E-state index in [1.54, 1.807) is 30.9 Å². The lowest BCUT2D eigenvalue weighted by molar-refractivity contribution is 0.0964. The molecule has 0 spiro atoms. The molecule has 0 saturated carbocycles. The summed E-state index contributed by atoms with van der Waals surface area (Å²) in [6, 6.07) is 7.45. The second kappa shape index (κ2) is 11.6. The highest BCUT2D eigenvalue weighted by Crippen LogP contribution is 2.31. The standard InChI is InChI=1S/C30H35N7O/c1-20(2)18-37-14-11-24(19-37)22-6-8-26(9-7-22)34-29(38)25-15-28(21(3)33-17-25)36-30-32-13-10-27(35-30)23-5-4-12-31-16-23/h4-6,8,10,12-13,15-17,20,24H,7,9,11,14,18-19H2,1-3H3,(H,34,38)(H,32,35,36). The highest BCUT2D eigenvalue weighted by atomic mass is 16.1. The molecule has 8 heteroatoms. The van der Waals surface area contributed by atoms with E-state index in [1.807, 2.05) is 25.1 Å². The van der Waals surface area contributed by atoms with Gasteiger partial charge in [0.05, 0.1) is 22.6 Å². The zero-order valence-corrected chi connectivity index (χ0v) is 22.3. The first-order chi connectivity index (χ1) is 18.4. The third-order valence-corrected chi connectivity index (χ3v) is 7.08. The van der Waals surface area contributed by atoms with Crippen molar-refractivity contribution in [2.45, 2.75) is 40.0 Å². The lowest BCUT2D eigenvalue weighted by Gasteiger charge is -2.22. The number of carbonyl (C=O) groups is 1. The van der Waals surface area contributed by atoms with E-state index in [4.69, 9.17) is 0 Å². The van der Waals surface area contributed by atoms with E-state index in [0.717, 1.165) is 42.0 Å². The van der Waals surface area contributed by atoms with Crippen LogP contribution in [-0.4, -0.2) is 50.4 Å². The van der Waals surface area contributed by atoms with Gasteiger partial charge in [-0.15, -0.1) is 0 Å². The first-order valence-electron chi connectivity index (χ1n) is 13.3. The van der Waals surface area contributed by atoms with Gasteiger partial charge in [-0.3, -0.25) is 14.8 Å². The summed E-state index contributed by atoms with van der Waals surface area (Å²) < 4.78 is 0. The Balaban J connectivity index is 1.23. The molecular formula is C30H35N7O. The summed E-state index contributed by atoms with van der Waals surface area (Å²) in [6.07, 6.45) is 14.1. The van der Waals surface area contributed by atoms with Crippen LogP contribution in [0.2, 0.25) is 0 Å². The van der Waals surface area contributed by atoms with Gasteiger partial charge in [-0.25, -0.2) is 9.97 Å². The lowest BCUT2D eigenvalue weighted by Crippen LogP contribution is -2.26. The molecule has 8 nitrogen and oxygen atoms in total. The number of aromatic nitrogens is 4. The van der Waals surface area contributed by atoms with Crippen molar-refractivity contribution in [1.82, 2.24) is 30.2 Å². The molecule has 2 aliphatic rings. The van der Waals surface area contributed by atoms with Crippen molar-refractivity contribution >= 4 is 17.5 Å². The Bertz CT molecular complexity index is 1350. The minimum Gasteiger partial charge on any atom is -0.326 e. The van der Waals surface area contributed by atoms with E-state index in [0.29, 0.717) is 29.0 Å². The summed E-state index contributed by atoms with van der Waals surface area (Å²) in [5.41, 5.74) is 6.04. The second-order valence-corrected chi connectivity index (χ2v) is 10.5. The summed E-state index contributed by atoms with van der Waals surface area (Å²) in [5.74, 6) is 1.60. The molecule has 4 heterocycles. The number of carbonyl (C=O) groups excluding carboxylic acids is 1. The molecule has 38 heavy (non-hydrogen) atoms.